The van der Waals surface area contributed by atoms with Crippen molar-refractivity contribution in [3.8, 4) is 0 Å². The highest BCUT2D eigenvalue weighted by Gasteiger charge is 2.12. The van der Waals surface area contributed by atoms with Gasteiger partial charge in [0.05, 0.1) is 13.1 Å². The SMILES string of the molecule is Cc1ccccc1Nc1nc(N)nc(CN(C)CC(=O)Nc2ccc(F)cc2)n1. The Morgan fingerprint density at radius 3 is 2.55 bits per heavy atom. The number of carbonyl (C=O) groups is 1. The molecule has 0 saturated heterocycles. The third kappa shape index (κ3) is 5.94. The van der Waals surface area contributed by atoms with Gasteiger partial charge in [0.1, 0.15) is 11.6 Å². The second-order valence-electron chi connectivity index (χ2n) is 6.60. The van der Waals surface area contributed by atoms with Gasteiger partial charge in [-0.15, -0.1) is 0 Å². The Labute approximate surface area is 168 Å². The molecule has 1 heterocycles. The average Bonchev–Trinajstić information content (AvgIpc) is 2.65. The number of nitrogens with zero attached hydrogens (tertiary/aromatic N) is 4. The van der Waals surface area contributed by atoms with Gasteiger partial charge in [0.15, 0.2) is 0 Å². The van der Waals surface area contributed by atoms with E-state index in [1.807, 2.05) is 31.2 Å². The van der Waals surface area contributed by atoms with Gasteiger partial charge >= 0.3 is 0 Å². The number of hydrogen-bond donors (Lipinski definition) is 3. The highest BCUT2D eigenvalue weighted by Crippen LogP contribution is 2.18. The molecule has 0 fully saturated rings. The van der Waals surface area contributed by atoms with Crippen LogP contribution in [0.4, 0.5) is 27.7 Å². The van der Waals surface area contributed by atoms with E-state index in [-0.39, 0.29) is 24.2 Å². The predicted octanol–water partition coefficient (Wildman–Crippen LogP) is 2.72. The molecule has 3 rings (SSSR count). The molecule has 8 nitrogen and oxygen atoms in total. The van der Waals surface area contributed by atoms with Crippen LogP contribution >= 0.6 is 0 Å². The number of halogens is 1. The van der Waals surface area contributed by atoms with Gasteiger partial charge in [-0.2, -0.15) is 15.0 Å². The van der Waals surface area contributed by atoms with Crippen LogP contribution in [0.1, 0.15) is 11.4 Å². The Hall–Kier alpha value is -3.59. The summed E-state index contributed by atoms with van der Waals surface area (Å²) in [5.41, 5.74) is 8.25. The number of aromatic nitrogens is 3. The van der Waals surface area contributed by atoms with Crippen molar-refractivity contribution in [3.63, 3.8) is 0 Å². The monoisotopic (exact) mass is 395 g/mol. The molecule has 0 aliphatic heterocycles. The van der Waals surface area contributed by atoms with Gasteiger partial charge in [-0.1, -0.05) is 18.2 Å². The van der Waals surface area contributed by atoms with Crippen LogP contribution < -0.4 is 16.4 Å². The van der Waals surface area contributed by atoms with Crippen LogP contribution in [0.2, 0.25) is 0 Å². The molecule has 2 aromatic carbocycles. The van der Waals surface area contributed by atoms with Crippen molar-refractivity contribution in [2.45, 2.75) is 13.5 Å². The van der Waals surface area contributed by atoms with Gasteiger partial charge in [-0.3, -0.25) is 9.69 Å². The van der Waals surface area contributed by atoms with E-state index in [1.165, 1.54) is 24.3 Å². The molecule has 150 valence electrons. The first kappa shape index (κ1) is 20.2. The predicted molar refractivity (Wildman–Crippen MR) is 110 cm³/mol. The van der Waals surface area contributed by atoms with Crippen LogP contribution in [0.15, 0.2) is 48.5 Å². The van der Waals surface area contributed by atoms with Crippen LogP contribution in [0.3, 0.4) is 0 Å². The number of hydrogen-bond acceptors (Lipinski definition) is 7. The number of likely N-dealkylation sites (N-methyl/N-ethyl adjacent to an activating group) is 1. The molecular formula is C20H22FN7O. The van der Waals surface area contributed by atoms with Crippen LogP contribution in [-0.4, -0.2) is 39.4 Å². The summed E-state index contributed by atoms with van der Waals surface area (Å²) in [7, 11) is 1.76. The van der Waals surface area contributed by atoms with Crippen LogP contribution in [0, 0.1) is 12.7 Å². The molecule has 0 saturated carbocycles. The van der Waals surface area contributed by atoms with Crippen molar-refractivity contribution >= 4 is 29.2 Å². The van der Waals surface area contributed by atoms with Crippen LogP contribution in [0.5, 0.6) is 0 Å². The molecule has 29 heavy (non-hydrogen) atoms. The minimum Gasteiger partial charge on any atom is -0.368 e. The lowest BCUT2D eigenvalue weighted by atomic mass is 10.2. The first-order valence-electron chi connectivity index (χ1n) is 8.96. The zero-order valence-corrected chi connectivity index (χ0v) is 16.2. The highest BCUT2D eigenvalue weighted by molar-refractivity contribution is 5.92. The molecule has 0 aliphatic carbocycles. The van der Waals surface area contributed by atoms with E-state index in [0.717, 1.165) is 11.3 Å². The van der Waals surface area contributed by atoms with Crippen LogP contribution in [0.25, 0.3) is 0 Å². The van der Waals surface area contributed by atoms with Crippen molar-refractivity contribution < 1.29 is 9.18 Å². The summed E-state index contributed by atoms with van der Waals surface area (Å²) in [4.78, 5) is 26.6. The fourth-order valence-corrected chi connectivity index (χ4v) is 2.67. The van der Waals surface area contributed by atoms with E-state index in [9.17, 15) is 9.18 Å². The molecular weight excluding hydrogens is 373 g/mol. The standard InChI is InChI=1S/C20H22FN7O/c1-13-5-3-4-6-16(13)24-20-26-17(25-19(22)27-20)11-28(2)12-18(29)23-15-9-7-14(21)8-10-15/h3-10H,11-12H2,1-2H3,(H,23,29)(H3,22,24,25,26,27). The summed E-state index contributed by atoms with van der Waals surface area (Å²) in [6, 6.07) is 13.3. The van der Waals surface area contributed by atoms with E-state index < -0.39 is 0 Å². The van der Waals surface area contributed by atoms with Gasteiger partial charge in [0, 0.05) is 11.4 Å². The molecule has 9 heteroatoms. The number of nitrogens with one attached hydrogen (secondary N) is 2. The second kappa shape index (κ2) is 9.07. The van der Waals surface area contributed by atoms with E-state index >= 15 is 0 Å². The van der Waals surface area contributed by atoms with E-state index in [0.29, 0.717) is 24.0 Å². The number of aryl methyl sites for hydroxylation is 1. The van der Waals surface area contributed by atoms with Gasteiger partial charge < -0.3 is 16.4 Å². The van der Waals surface area contributed by atoms with E-state index in [1.54, 1.807) is 11.9 Å². The first-order valence-corrected chi connectivity index (χ1v) is 8.96. The highest BCUT2D eigenvalue weighted by atomic mass is 19.1. The van der Waals surface area contributed by atoms with Gasteiger partial charge in [0.2, 0.25) is 17.8 Å². The summed E-state index contributed by atoms with van der Waals surface area (Å²) >= 11 is 0. The van der Waals surface area contributed by atoms with E-state index in [2.05, 4.69) is 25.6 Å². The molecule has 0 aliphatic rings. The maximum atomic E-state index is 12.9. The summed E-state index contributed by atoms with van der Waals surface area (Å²) in [5, 5.41) is 5.84. The fraction of sp³-hybridized carbons (Fsp3) is 0.200. The van der Waals surface area contributed by atoms with Crippen molar-refractivity contribution in [2.24, 2.45) is 0 Å². The third-order valence-electron chi connectivity index (χ3n) is 4.04. The number of benzene rings is 2. The summed E-state index contributed by atoms with van der Waals surface area (Å²) in [5.74, 6) is 0.272. The normalized spacial score (nSPS) is 10.8. The minimum atomic E-state index is -0.359. The van der Waals surface area contributed by atoms with Crippen LogP contribution in [-0.2, 0) is 11.3 Å². The Balaban J connectivity index is 1.61. The van der Waals surface area contributed by atoms with Crippen molar-refractivity contribution in [2.75, 3.05) is 30.0 Å². The number of amides is 1. The zero-order valence-electron chi connectivity index (χ0n) is 16.2. The molecule has 1 amide bonds. The third-order valence-corrected chi connectivity index (χ3v) is 4.04. The number of nitrogens with two attached hydrogens (primary N) is 1. The second-order valence-corrected chi connectivity index (χ2v) is 6.60. The number of nitrogen functional groups attached to an aromatic ring is 1. The minimum absolute atomic E-state index is 0.0928. The summed E-state index contributed by atoms with van der Waals surface area (Å²) < 4.78 is 12.9. The number of carbonyl (C=O) groups excluding carboxylic acids is 1. The van der Waals surface area contributed by atoms with Gasteiger partial charge in [-0.05, 0) is 49.9 Å². The molecule has 0 radical (unpaired) electrons. The van der Waals surface area contributed by atoms with Crippen molar-refractivity contribution in [1.29, 1.82) is 0 Å². The average molecular weight is 395 g/mol. The number of anilines is 4. The van der Waals surface area contributed by atoms with E-state index in [4.69, 9.17) is 5.73 Å². The number of para-hydroxylation sites is 1. The Morgan fingerprint density at radius 2 is 1.83 bits per heavy atom. The van der Waals surface area contributed by atoms with Gasteiger partial charge in [-0.25, -0.2) is 4.39 Å². The molecule has 3 aromatic rings. The molecule has 1 aromatic heterocycles. The number of rotatable bonds is 7. The molecule has 4 N–H and O–H groups in total. The molecule has 0 spiro atoms. The smallest absolute Gasteiger partial charge is 0.238 e. The Morgan fingerprint density at radius 1 is 1.10 bits per heavy atom. The quantitative estimate of drug-likeness (QED) is 0.564. The molecule has 0 unspecified atom stereocenters. The Bertz CT molecular complexity index is 994. The summed E-state index contributed by atoms with van der Waals surface area (Å²) in [6.45, 7) is 2.37. The van der Waals surface area contributed by atoms with Gasteiger partial charge in [0.25, 0.3) is 0 Å². The lowest BCUT2D eigenvalue weighted by molar-refractivity contribution is -0.117. The Kier molecular flexibility index (Phi) is 6.30. The van der Waals surface area contributed by atoms with Crippen molar-refractivity contribution in [1.82, 2.24) is 19.9 Å². The maximum absolute atomic E-state index is 12.9. The lowest BCUT2D eigenvalue weighted by Gasteiger charge is -2.16. The van der Waals surface area contributed by atoms with Crippen molar-refractivity contribution in [3.05, 3.63) is 65.7 Å². The maximum Gasteiger partial charge on any atom is 0.238 e. The molecule has 0 atom stereocenters. The molecule has 0 bridgehead atoms. The fourth-order valence-electron chi connectivity index (χ4n) is 2.67. The topological polar surface area (TPSA) is 109 Å². The lowest BCUT2D eigenvalue weighted by Crippen LogP contribution is -2.30. The summed E-state index contributed by atoms with van der Waals surface area (Å²) in [6.07, 6.45) is 0. The largest absolute Gasteiger partial charge is 0.368 e. The first-order chi connectivity index (χ1) is 13.9. The zero-order chi connectivity index (χ0) is 20.8.